The number of para-hydroxylation sites is 3. The molecule has 0 atom stereocenters. The molecule has 0 N–H and O–H groups in total. The maximum Gasteiger partial charge on any atom is 0.149 e. The molecule has 0 aliphatic heterocycles. The zero-order valence-electron chi connectivity index (χ0n) is 22.6. The maximum atomic E-state index is 9.43. The molecule has 192 valence electrons. The number of hydrogen-bond acceptors (Lipinski definition) is 3. The van der Waals surface area contributed by atoms with Gasteiger partial charge in [-0.25, -0.2) is 4.98 Å². The van der Waals surface area contributed by atoms with Crippen molar-refractivity contribution in [2.45, 2.75) is 26.2 Å². The summed E-state index contributed by atoms with van der Waals surface area (Å²) >= 11 is 0. The molecule has 2 aromatic heterocycles. The van der Waals surface area contributed by atoms with E-state index in [0.29, 0.717) is 11.1 Å². The highest BCUT2D eigenvalue weighted by Gasteiger charge is 2.23. The van der Waals surface area contributed by atoms with Crippen molar-refractivity contribution in [2.75, 3.05) is 0 Å². The quantitative estimate of drug-likeness (QED) is 0.235. The number of rotatable bonds is 3. The van der Waals surface area contributed by atoms with Gasteiger partial charge in [-0.2, -0.15) is 5.26 Å². The van der Waals surface area contributed by atoms with E-state index in [1.54, 1.807) is 6.07 Å². The van der Waals surface area contributed by atoms with Gasteiger partial charge in [0.25, 0.3) is 0 Å². The van der Waals surface area contributed by atoms with Crippen molar-refractivity contribution in [3.63, 3.8) is 0 Å². The molecule has 0 saturated carbocycles. The van der Waals surface area contributed by atoms with E-state index in [9.17, 15) is 5.26 Å². The summed E-state index contributed by atoms with van der Waals surface area (Å²) in [7, 11) is 0. The molecule has 40 heavy (non-hydrogen) atoms. The summed E-state index contributed by atoms with van der Waals surface area (Å²) in [5.74, 6) is 0.812. The van der Waals surface area contributed by atoms with Crippen LogP contribution in [0.3, 0.4) is 0 Å². The smallest absolute Gasteiger partial charge is 0.149 e. The number of nitriles is 1. The first-order valence-electron chi connectivity index (χ1n) is 13.5. The second-order valence-corrected chi connectivity index (χ2v) is 11.2. The Hall–Kier alpha value is -5.14. The van der Waals surface area contributed by atoms with Gasteiger partial charge in [-0.15, -0.1) is 0 Å². The van der Waals surface area contributed by atoms with E-state index in [2.05, 4.69) is 116 Å². The summed E-state index contributed by atoms with van der Waals surface area (Å²) in [4.78, 5) is 5.17. The van der Waals surface area contributed by atoms with Gasteiger partial charge in [0.15, 0.2) is 0 Å². The Labute approximate surface area is 232 Å². The summed E-state index contributed by atoms with van der Waals surface area (Å²) in [5, 5.41) is 11.4. The van der Waals surface area contributed by atoms with Crippen LogP contribution in [0.15, 0.2) is 114 Å². The minimum Gasteiger partial charge on any atom is -0.455 e. The van der Waals surface area contributed by atoms with Gasteiger partial charge in [-0.1, -0.05) is 81.4 Å². The van der Waals surface area contributed by atoms with E-state index in [-0.39, 0.29) is 5.41 Å². The minimum atomic E-state index is 0.00401. The Balaban J connectivity index is 1.57. The maximum absolute atomic E-state index is 9.43. The van der Waals surface area contributed by atoms with Gasteiger partial charge in [0.05, 0.1) is 33.9 Å². The molecule has 0 radical (unpaired) electrons. The average molecular weight is 518 g/mol. The Kier molecular flexibility index (Phi) is 5.37. The molecular formula is C36H27N3O. The highest BCUT2D eigenvalue weighted by molar-refractivity contribution is 6.09. The Morgan fingerprint density at radius 2 is 1.55 bits per heavy atom. The van der Waals surface area contributed by atoms with Crippen molar-refractivity contribution in [2.24, 2.45) is 0 Å². The van der Waals surface area contributed by atoms with E-state index in [4.69, 9.17) is 9.40 Å². The lowest BCUT2D eigenvalue weighted by atomic mass is 9.85. The van der Waals surface area contributed by atoms with Crippen LogP contribution in [0.1, 0.15) is 31.9 Å². The van der Waals surface area contributed by atoms with Gasteiger partial charge in [-0.05, 0) is 65.1 Å². The molecule has 4 nitrogen and oxygen atoms in total. The lowest BCUT2D eigenvalue weighted by Gasteiger charge is -2.23. The normalized spacial score (nSPS) is 11.8. The molecule has 0 spiro atoms. The Bertz CT molecular complexity index is 2100. The third-order valence-electron chi connectivity index (χ3n) is 7.62. The summed E-state index contributed by atoms with van der Waals surface area (Å²) in [6.07, 6.45) is 0. The molecule has 0 bridgehead atoms. The van der Waals surface area contributed by atoms with Crippen LogP contribution in [0.4, 0.5) is 0 Å². The fraction of sp³-hybridized carbons (Fsp3) is 0.111. The van der Waals surface area contributed by atoms with Crippen LogP contribution in [0.2, 0.25) is 0 Å². The van der Waals surface area contributed by atoms with Crippen molar-refractivity contribution in [3.8, 4) is 34.3 Å². The summed E-state index contributed by atoms with van der Waals surface area (Å²) < 4.78 is 8.70. The summed E-state index contributed by atoms with van der Waals surface area (Å²) in [5.41, 5.74) is 9.51. The first kappa shape index (κ1) is 23.9. The van der Waals surface area contributed by atoms with E-state index in [0.717, 1.165) is 55.6 Å². The van der Waals surface area contributed by atoms with E-state index >= 15 is 0 Å². The number of hydrogen-bond donors (Lipinski definition) is 0. The second-order valence-electron chi connectivity index (χ2n) is 11.2. The van der Waals surface area contributed by atoms with E-state index < -0.39 is 0 Å². The number of furan rings is 1. The van der Waals surface area contributed by atoms with Crippen molar-refractivity contribution >= 4 is 33.0 Å². The lowest BCUT2D eigenvalue weighted by molar-refractivity contribution is 0.590. The molecule has 2 heterocycles. The second kappa shape index (κ2) is 8.97. The molecule has 4 heteroatoms. The molecule has 0 aliphatic rings. The number of nitrogens with zero attached hydrogens (tertiary/aromatic N) is 3. The van der Waals surface area contributed by atoms with Crippen molar-refractivity contribution < 1.29 is 4.42 Å². The Morgan fingerprint density at radius 3 is 2.35 bits per heavy atom. The molecule has 0 saturated heterocycles. The SMILES string of the molecule is CC(C)(C)c1ccc(-n2c(-c3cccc4c3oc3cc(C#N)ccc34)nc3ccccc32)c(-c2ccccc2)c1. The minimum absolute atomic E-state index is 0.00401. The first-order chi connectivity index (χ1) is 19.4. The number of aromatic nitrogens is 2. The van der Waals surface area contributed by atoms with Gasteiger partial charge in [-0.3, -0.25) is 4.57 Å². The van der Waals surface area contributed by atoms with Crippen LogP contribution < -0.4 is 0 Å². The van der Waals surface area contributed by atoms with Gasteiger partial charge in [0, 0.05) is 16.3 Å². The zero-order chi connectivity index (χ0) is 27.4. The molecule has 7 rings (SSSR count). The standard InChI is InChI=1S/C36H27N3O/c1-36(2,3)25-17-19-31(29(21-25)24-10-5-4-6-11-24)39-32-15-8-7-14-30(32)38-35(39)28-13-9-12-27-26-18-16-23(22-37)20-33(26)40-34(27)28/h4-21H,1-3H3. The highest BCUT2D eigenvalue weighted by Crippen LogP contribution is 2.40. The fourth-order valence-corrected chi connectivity index (χ4v) is 5.54. The van der Waals surface area contributed by atoms with Gasteiger partial charge < -0.3 is 4.42 Å². The van der Waals surface area contributed by atoms with Gasteiger partial charge in [0.2, 0.25) is 0 Å². The third-order valence-corrected chi connectivity index (χ3v) is 7.62. The molecule has 0 amide bonds. The number of imidazole rings is 1. The zero-order valence-corrected chi connectivity index (χ0v) is 22.6. The molecule has 0 aliphatic carbocycles. The van der Waals surface area contributed by atoms with Crippen LogP contribution >= 0.6 is 0 Å². The van der Waals surface area contributed by atoms with Crippen LogP contribution in [0.25, 0.3) is 61.2 Å². The highest BCUT2D eigenvalue weighted by atomic mass is 16.3. The monoisotopic (exact) mass is 517 g/mol. The molecular weight excluding hydrogens is 490 g/mol. The van der Waals surface area contributed by atoms with Gasteiger partial charge in [0.1, 0.15) is 17.0 Å². The average Bonchev–Trinajstić information content (AvgIpc) is 3.55. The Morgan fingerprint density at radius 1 is 0.750 bits per heavy atom. The molecule has 0 unspecified atom stereocenters. The van der Waals surface area contributed by atoms with Crippen LogP contribution in [-0.4, -0.2) is 9.55 Å². The third kappa shape index (κ3) is 3.79. The van der Waals surface area contributed by atoms with Crippen LogP contribution in [0, 0.1) is 11.3 Å². The van der Waals surface area contributed by atoms with Gasteiger partial charge >= 0.3 is 0 Å². The fourth-order valence-electron chi connectivity index (χ4n) is 5.54. The lowest BCUT2D eigenvalue weighted by Crippen LogP contribution is -2.12. The molecule has 5 aromatic carbocycles. The van der Waals surface area contributed by atoms with Crippen LogP contribution in [0.5, 0.6) is 0 Å². The molecule has 7 aromatic rings. The van der Waals surface area contributed by atoms with E-state index in [1.807, 2.05) is 18.2 Å². The van der Waals surface area contributed by atoms with Crippen LogP contribution in [-0.2, 0) is 5.41 Å². The van der Waals surface area contributed by atoms with E-state index in [1.165, 1.54) is 5.56 Å². The van der Waals surface area contributed by atoms with Crippen molar-refractivity contribution in [1.29, 1.82) is 5.26 Å². The number of benzene rings is 5. The largest absolute Gasteiger partial charge is 0.455 e. The van der Waals surface area contributed by atoms with Crippen molar-refractivity contribution in [1.82, 2.24) is 9.55 Å². The predicted molar refractivity (Wildman–Crippen MR) is 163 cm³/mol. The number of fused-ring (bicyclic) bond motifs is 4. The van der Waals surface area contributed by atoms with Crippen molar-refractivity contribution in [3.05, 3.63) is 120 Å². The summed E-state index contributed by atoms with van der Waals surface area (Å²) in [6.45, 7) is 6.73. The molecule has 0 fully saturated rings. The first-order valence-corrected chi connectivity index (χ1v) is 13.5. The summed E-state index contributed by atoms with van der Waals surface area (Å²) in [6, 6.07) is 39.6. The topological polar surface area (TPSA) is 54.8 Å². The predicted octanol–water partition coefficient (Wildman–Crippen LogP) is 9.43.